The summed E-state index contributed by atoms with van der Waals surface area (Å²) in [5, 5.41) is 3.18. The summed E-state index contributed by atoms with van der Waals surface area (Å²) in [6, 6.07) is 12.6. The summed E-state index contributed by atoms with van der Waals surface area (Å²) in [6.07, 6.45) is 6.89. The molecule has 0 spiro atoms. The minimum Gasteiger partial charge on any atom is -0.381 e. The molecule has 28 heavy (non-hydrogen) atoms. The molecule has 0 unspecified atom stereocenters. The van der Waals surface area contributed by atoms with E-state index in [0.717, 1.165) is 44.3 Å². The van der Waals surface area contributed by atoms with Gasteiger partial charge in [-0.2, -0.15) is 0 Å². The molecule has 5 nitrogen and oxygen atoms in total. The van der Waals surface area contributed by atoms with Crippen LogP contribution in [0.1, 0.15) is 24.8 Å². The second-order valence-corrected chi connectivity index (χ2v) is 7.92. The Labute approximate surface area is 168 Å². The number of carbonyl (C=O) groups is 1. The van der Waals surface area contributed by atoms with Crippen LogP contribution in [0.3, 0.4) is 0 Å². The Morgan fingerprint density at radius 3 is 2.36 bits per heavy atom. The van der Waals surface area contributed by atoms with E-state index in [1.165, 1.54) is 11.1 Å². The van der Waals surface area contributed by atoms with Crippen LogP contribution in [0.15, 0.2) is 48.8 Å². The third-order valence-electron chi connectivity index (χ3n) is 5.51. The Morgan fingerprint density at radius 2 is 1.71 bits per heavy atom. The summed E-state index contributed by atoms with van der Waals surface area (Å²) in [6.45, 7) is 3.01. The summed E-state index contributed by atoms with van der Waals surface area (Å²) in [5.74, 6) is 0.174. The van der Waals surface area contributed by atoms with E-state index in [-0.39, 0.29) is 11.3 Å². The summed E-state index contributed by atoms with van der Waals surface area (Å²) >= 11 is 0. The highest BCUT2D eigenvalue weighted by Crippen LogP contribution is 2.35. The zero-order valence-corrected chi connectivity index (χ0v) is 17.0. The van der Waals surface area contributed by atoms with Crippen molar-refractivity contribution in [2.75, 3.05) is 40.4 Å². The Morgan fingerprint density at radius 1 is 1.07 bits per heavy atom. The predicted octanol–water partition coefficient (Wildman–Crippen LogP) is 3.16. The number of nitrogens with zero attached hydrogens (tertiary/aromatic N) is 2. The van der Waals surface area contributed by atoms with Crippen LogP contribution in [0.5, 0.6) is 0 Å². The standard InChI is InChI=1S/C23H31N3O2/c1-26(2)15-3-12-25-22(27)23(10-16-28-17-11-23)18-19-4-6-20(7-5-19)21-8-13-24-14-9-21/h4-9,13-14H,3,10-12,15-18H2,1-2H3,(H,25,27). The first kappa shape index (κ1) is 20.5. The number of ether oxygens (including phenoxy) is 1. The number of nitrogens with one attached hydrogen (secondary N) is 1. The number of rotatable bonds is 8. The maximum absolute atomic E-state index is 13.1. The van der Waals surface area contributed by atoms with Gasteiger partial charge in [-0.25, -0.2) is 0 Å². The van der Waals surface area contributed by atoms with Crippen LogP contribution in [0, 0.1) is 5.41 Å². The number of pyridine rings is 1. The van der Waals surface area contributed by atoms with Crippen LogP contribution in [0.4, 0.5) is 0 Å². The van der Waals surface area contributed by atoms with Crippen LogP contribution in [0.25, 0.3) is 11.1 Å². The molecule has 2 aromatic rings. The lowest BCUT2D eigenvalue weighted by molar-refractivity contribution is -0.136. The number of aromatic nitrogens is 1. The number of carbonyl (C=O) groups excluding carboxylic acids is 1. The van der Waals surface area contributed by atoms with Crippen molar-refractivity contribution in [3.05, 3.63) is 54.4 Å². The van der Waals surface area contributed by atoms with E-state index in [1.54, 1.807) is 12.4 Å². The van der Waals surface area contributed by atoms with Gasteiger partial charge in [0.05, 0.1) is 5.41 Å². The van der Waals surface area contributed by atoms with Gasteiger partial charge >= 0.3 is 0 Å². The van der Waals surface area contributed by atoms with Gasteiger partial charge in [-0.15, -0.1) is 0 Å². The average molecular weight is 382 g/mol. The van der Waals surface area contributed by atoms with Crippen LogP contribution < -0.4 is 5.32 Å². The average Bonchev–Trinajstić information content (AvgIpc) is 2.73. The smallest absolute Gasteiger partial charge is 0.226 e. The third-order valence-corrected chi connectivity index (χ3v) is 5.51. The lowest BCUT2D eigenvalue weighted by atomic mass is 9.74. The van der Waals surface area contributed by atoms with Crippen molar-refractivity contribution in [3.63, 3.8) is 0 Å². The van der Waals surface area contributed by atoms with Gasteiger partial charge in [-0.05, 0) is 75.1 Å². The maximum Gasteiger partial charge on any atom is 0.226 e. The Hall–Kier alpha value is -2.24. The highest BCUT2D eigenvalue weighted by Gasteiger charge is 2.39. The molecular weight excluding hydrogens is 350 g/mol. The molecule has 0 atom stereocenters. The van der Waals surface area contributed by atoms with Crippen LogP contribution in [0.2, 0.25) is 0 Å². The molecule has 0 saturated carbocycles. The van der Waals surface area contributed by atoms with E-state index in [4.69, 9.17) is 4.74 Å². The number of hydrogen-bond donors (Lipinski definition) is 1. The van der Waals surface area contributed by atoms with Crippen molar-refractivity contribution in [2.45, 2.75) is 25.7 Å². The number of hydrogen-bond acceptors (Lipinski definition) is 4. The lowest BCUT2D eigenvalue weighted by Gasteiger charge is -2.36. The van der Waals surface area contributed by atoms with Crippen LogP contribution in [-0.2, 0) is 16.0 Å². The Kier molecular flexibility index (Phi) is 7.18. The summed E-state index contributed by atoms with van der Waals surface area (Å²) in [4.78, 5) is 19.3. The second kappa shape index (κ2) is 9.80. The molecule has 1 aromatic heterocycles. The normalized spacial score (nSPS) is 16.1. The molecule has 3 rings (SSSR count). The molecule has 1 aliphatic rings. The largest absolute Gasteiger partial charge is 0.381 e. The molecule has 1 amide bonds. The van der Waals surface area contributed by atoms with E-state index < -0.39 is 0 Å². The molecule has 0 radical (unpaired) electrons. The molecule has 0 bridgehead atoms. The number of amides is 1. The quantitative estimate of drug-likeness (QED) is 0.714. The second-order valence-electron chi connectivity index (χ2n) is 7.92. The molecule has 5 heteroatoms. The first-order valence-electron chi connectivity index (χ1n) is 10.1. The van der Waals surface area contributed by atoms with Crippen molar-refractivity contribution >= 4 is 5.91 Å². The molecular formula is C23H31N3O2. The van der Waals surface area contributed by atoms with Crippen molar-refractivity contribution in [2.24, 2.45) is 5.41 Å². The maximum atomic E-state index is 13.1. The Balaban J connectivity index is 1.67. The van der Waals surface area contributed by atoms with E-state index in [0.29, 0.717) is 13.2 Å². The van der Waals surface area contributed by atoms with E-state index in [9.17, 15) is 4.79 Å². The minimum atomic E-state index is -0.367. The molecule has 0 aliphatic carbocycles. The summed E-state index contributed by atoms with van der Waals surface area (Å²) in [5.41, 5.74) is 3.15. The summed E-state index contributed by atoms with van der Waals surface area (Å²) < 4.78 is 5.55. The van der Waals surface area contributed by atoms with Gasteiger partial charge in [-0.1, -0.05) is 24.3 Å². The fraction of sp³-hybridized carbons (Fsp3) is 0.478. The van der Waals surface area contributed by atoms with Gasteiger partial charge in [0.15, 0.2) is 0 Å². The summed E-state index contributed by atoms with van der Waals surface area (Å²) in [7, 11) is 4.11. The van der Waals surface area contributed by atoms with Gasteiger partial charge in [0.25, 0.3) is 0 Å². The van der Waals surface area contributed by atoms with Crippen molar-refractivity contribution in [1.29, 1.82) is 0 Å². The number of benzene rings is 1. The van der Waals surface area contributed by atoms with Gasteiger partial charge in [-0.3, -0.25) is 9.78 Å². The van der Waals surface area contributed by atoms with E-state index >= 15 is 0 Å². The lowest BCUT2D eigenvalue weighted by Crippen LogP contribution is -2.46. The van der Waals surface area contributed by atoms with Gasteiger partial charge in [0, 0.05) is 32.2 Å². The monoisotopic (exact) mass is 381 g/mol. The highest BCUT2D eigenvalue weighted by molar-refractivity contribution is 5.83. The molecule has 1 aliphatic heterocycles. The Bertz CT molecular complexity index is 738. The minimum absolute atomic E-state index is 0.174. The zero-order valence-electron chi connectivity index (χ0n) is 17.0. The molecule has 1 aromatic carbocycles. The first-order valence-corrected chi connectivity index (χ1v) is 10.1. The zero-order chi connectivity index (χ0) is 19.8. The van der Waals surface area contributed by atoms with Gasteiger partial charge in [0.1, 0.15) is 0 Å². The third kappa shape index (κ3) is 5.40. The van der Waals surface area contributed by atoms with Crippen LogP contribution in [-0.4, -0.2) is 56.2 Å². The van der Waals surface area contributed by atoms with Gasteiger partial charge in [0.2, 0.25) is 5.91 Å². The molecule has 150 valence electrons. The fourth-order valence-corrected chi connectivity index (χ4v) is 3.78. The molecule has 1 fully saturated rings. The van der Waals surface area contributed by atoms with Crippen molar-refractivity contribution in [1.82, 2.24) is 15.2 Å². The van der Waals surface area contributed by atoms with Crippen molar-refractivity contribution < 1.29 is 9.53 Å². The van der Waals surface area contributed by atoms with Gasteiger partial charge < -0.3 is 15.0 Å². The topological polar surface area (TPSA) is 54.5 Å². The molecule has 1 N–H and O–H groups in total. The van der Waals surface area contributed by atoms with E-state index in [2.05, 4.69) is 53.6 Å². The van der Waals surface area contributed by atoms with E-state index in [1.807, 2.05) is 12.1 Å². The van der Waals surface area contributed by atoms with Crippen molar-refractivity contribution in [3.8, 4) is 11.1 Å². The highest BCUT2D eigenvalue weighted by atomic mass is 16.5. The molecule has 2 heterocycles. The van der Waals surface area contributed by atoms with Crippen LogP contribution >= 0.6 is 0 Å². The first-order chi connectivity index (χ1) is 13.6. The fourth-order valence-electron chi connectivity index (χ4n) is 3.78. The molecule has 1 saturated heterocycles. The SMILES string of the molecule is CN(C)CCCNC(=O)C1(Cc2ccc(-c3ccncc3)cc2)CCOCC1. The predicted molar refractivity (Wildman–Crippen MR) is 112 cm³/mol.